The minimum Gasteiger partial charge on any atom is -0.392 e. The zero-order valence-electron chi connectivity index (χ0n) is 10.7. The van der Waals surface area contributed by atoms with Crippen LogP contribution in [0.5, 0.6) is 0 Å². The van der Waals surface area contributed by atoms with E-state index in [0.29, 0.717) is 12.5 Å². The van der Waals surface area contributed by atoms with E-state index >= 15 is 0 Å². The van der Waals surface area contributed by atoms with Gasteiger partial charge in [-0.1, -0.05) is 37.8 Å². The van der Waals surface area contributed by atoms with Gasteiger partial charge >= 0.3 is 0 Å². The van der Waals surface area contributed by atoms with Gasteiger partial charge in [0.05, 0.1) is 6.10 Å². The molecule has 0 spiro atoms. The van der Waals surface area contributed by atoms with Crippen LogP contribution < -0.4 is 5.73 Å². The van der Waals surface area contributed by atoms with Crippen LogP contribution in [-0.2, 0) is 0 Å². The second kappa shape index (κ2) is 6.30. The van der Waals surface area contributed by atoms with E-state index in [4.69, 9.17) is 5.73 Å². The molecule has 0 bridgehead atoms. The summed E-state index contributed by atoms with van der Waals surface area (Å²) >= 11 is 0. The van der Waals surface area contributed by atoms with Crippen molar-refractivity contribution in [3.8, 4) is 0 Å². The summed E-state index contributed by atoms with van der Waals surface area (Å²) in [5.41, 5.74) is 6.70. The smallest absolute Gasteiger partial charge is 0.123 e. The number of rotatable bonds is 5. The molecule has 0 radical (unpaired) electrons. The highest BCUT2D eigenvalue weighted by molar-refractivity contribution is 5.22. The summed E-state index contributed by atoms with van der Waals surface area (Å²) in [6, 6.07) is 6.32. The molecule has 3 N–H and O–H groups in total. The molecule has 1 saturated carbocycles. The Morgan fingerprint density at radius 3 is 2.39 bits per heavy atom. The molecule has 0 saturated heterocycles. The number of hydrogen-bond donors (Lipinski definition) is 2. The van der Waals surface area contributed by atoms with Crippen LogP contribution in [-0.4, -0.2) is 17.8 Å². The van der Waals surface area contributed by atoms with E-state index in [1.807, 2.05) is 0 Å². The van der Waals surface area contributed by atoms with Gasteiger partial charge in [-0.05, 0) is 30.0 Å². The third-order valence-electron chi connectivity index (χ3n) is 4.07. The fraction of sp³-hybridized carbons (Fsp3) is 0.600. The summed E-state index contributed by atoms with van der Waals surface area (Å²) in [6.07, 6.45) is 5.40. The number of nitrogens with two attached hydrogens (primary N) is 1. The maximum absolute atomic E-state index is 12.9. The quantitative estimate of drug-likeness (QED) is 0.845. The molecule has 0 amide bonds. The van der Waals surface area contributed by atoms with E-state index in [9.17, 15) is 9.50 Å². The molecule has 100 valence electrons. The van der Waals surface area contributed by atoms with Crippen molar-refractivity contribution >= 4 is 0 Å². The summed E-state index contributed by atoms with van der Waals surface area (Å²) in [5, 5.41) is 10.3. The third-order valence-corrected chi connectivity index (χ3v) is 4.07. The first-order chi connectivity index (χ1) is 8.70. The molecule has 1 fully saturated rings. The molecule has 0 aromatic heterocycles. The first-order valence-electron chi connectivity index (χ1n) is 6.84. The predicted octanol–water partition coefficient (Wildman–Crippen LogP) is 2.81. The topological polar surface area (TPSA) is 46.2 Å². The third kappa shape index (κ3) is 3.30. The summed E-state index contributed by atoms with van der Waals surface area (Å²) in [4.78, 5) is 0. The molecule has 18 heavy (non-hydrogen) atoms. The van der Waals surface area contributed by atoms with Gasteiger partial charge < -0.3 is 10.8 Å². The Balaban J connectivity index is 2.00. The van der Waals surface area contributed by atoms with Crippen LogP contribution in [0.4, 0.5) is 4.39 Å². The average molecular weight is 251 g/mol. The molecule has 2 unspecified atom stereocenters. The van der Waals surface area contributed by atoms with Crippen LogP contribution in [0.15, 0.2) is 24.3 Å². The highest BCUT2D eigenvalue weighted by atomic mass is 19.1. The van der Waals surface area contributed by atoms with Gasteiger partial charge in [0.1, 0.15) is 5.82 Å². The van der Waals surface area contributed by atoms with E-state index in [2.05, 4.69) is 0 Å². The molecule has 0 heterocycles. The fourth-order valence-electron chi connectivity index (χ4n) is 2.98. The minimum absolute atomic E-state index is 0.0776. The second-order valence-corrected chi connectivity index (χ2v) is 5.35. The fourth-order valence-corrected chi connectivity index (χ4v) is 2.98. The van der Waals surface area contributed by atoms with Crippen LogP contribution in [0.25, 0.3) is 0 Å². The monoisotopic (exact) mass is 251 g/mol. The van der Waals surface area contributed by atoms with E-state index in [1.165, 1.54) is 37.8 Å². The second-order valence-electron chi connectivity index (χ2n) is 5.35. The van der Waals surface area contributed by atoms with Gasteiger partial charge in [0.15, 0.2) is 0 Å². The first-order valence-corrected chi connectivity index (χ1v) is 6.84. The van der Waals surface area contributed by atoms with Gasteiger partial charge in [-0.2, -0.15) is 0 Å². The maximum Gasteiger partial charge on any atom is 0.123 e. The van der Waals surface area contributed by atoms with Gasteiger partial charge in [0.25, 0.3) is 0 Å². The van der Waals surface area contributed by atoms with Gasteiger partial charge in [0, 0.05) is 12.5 Å². The Bertz CT molecular complexity index is 359. The Morgan fingerprint density at radius 2 is 1.83 bits per heavy atom. The molecule has 3 heteroatoms. The van der Waals surface area contributed by atoms with Gasteiger partial charge in [-0.15, -0.1) is 0 Å². The SMILES string of the molecule is NCC(c1ccc(F)cc1)C(O)CC1CCCC1. The Labute approximate surface area is 108 Å². The maximum atomic E-state index is 12.9. The van der Waals surface area contributed by atoms with Crippen molar-refractivity contribution in [1.82, 2.24) is 0 Å². The zero-order chi connectivity index (χ0) is 13.0. The largest absolute Gasteiger partial charge is 0.392 e. The van der Waals surface area contributed by atoms with Crippen LogP contribution in [0, 0.1) is 11.7 Å². The predicted molar refractivity (Wildman–Crippen MR) is 70.8 cm³/mol. The molecule has 0 aliphatic heterocycles. The van der Waals surface area contributed by atoms with Crippen LogP contribution in [0.2, 0.25) is 0 Å². The molecule has 2 nitrogen and oxygen atoms in total. The lowest BCUT2D eigenvalue weighted by atomic mass is 9.87. The first kappa shape index (κ1) is 13.5. The molecule has 1 aromatic carbocycles. The van der Waals surface area contributed by atoms with Crippen LogP contribution in [0.3, 0.4) is 0 Å². The van der Waals surface area contributed by atoms with Crippen molar-refractivity contribution in [2.75, 3.05) is 6.54 Å². The molecular weight excluding hydrogens is 229 g/mol. The Hall–Kier alpha value is -0.930. The Morgan fingerprint density at radius 1 is 1.22 bits per heavy atom. The van der Waals surface area contributed by atoms with E-state index in [-0.39, 0.29) is 11.7 Å². The summed E-state index contributed by atoms with van der Waals surface area (Å²) in [7, 11) is 0. The summed E-state index contributed by atoms with van der Waals surface area (Å²) in [6.45, 7) is 0.402. The molecule has 2 rings (SSSR count). The molecule has 2 atom stereocenters. The van der Waals surface area contributed by atoms with Crippen molar-refractivity contribution in [3.63, 3.8) is 0 Å². The molecule has 1 aliphatic rings. The van der Waals surface area contributed by atoms with Crippen molar-refractivity contribution in [3.05, 3.63) is 35.6 Å². The number of halogens is 1. The van der Waals surface area contributed by atoms with Gasteiger partial charge in [-0.25, -0.2) is 4.39 Å². The zero-order valence-corrected chi connectivity index (χ0v) is 10.7. The van der Waals surface area contributed by atoms with E-state index in [0.717, 1.165) is 12.0 Å². The summed E-state index contributed by atoms with van der Waals surface area (Å²) in [5.74, 6) is 0.306. The normalized spacial score (nSPS) is 19.9. The molecular formula is C15H22FNO. The van der Waals surface area contributed by atoms with E-state index in [1.54, 1.807) is 12.1 Å². The Kier molecular flexibility index (Phi) is 4.72. The van der Waals surface area contributed by atoms with Crippen LogP contribution >= 0.6 is 0 Å². The molecule has 1 aromatic rings. The number of aliphatic hydroxyl groups is 1. The van der Waals surface area contributed by atoms with Crippen molar-refractivity contribution in [2.45, 2.75) is 44.1 Å². The highest BCUT2D eigenvalue weighted by Crippen LogP contribution is 2.32. The number of aliphatic hydroxyl groups excluding tert-OH is 1. The van der Waals surface area contributed by atoms with Crippen molar-refractivity contribution in [2.24, 2.45) is 11.7 Å². The van der Waals surface area contributed by atoms with Gasteiger partial charge in [0.2, 0.25) is 0 Å². The highest BCUT2D eigenvalue weighted by Gasteiger charge is 2.25. The minimum atomic E-state index is -0.413. The van der Waals surface area contributed by atoms with E-state index < -0.39 is 6.10 Å². The molecule has 1 aliphatic carbocycles. The lowest BCUT2D eigenvalue weighted by Crippen LogP contribution is -2.27. The standard InChI is InChI=1S/C15H22FNO/c16-13-7-5-12(6-8-13)14(10-17)15(18)9-11-3-1-2-4-11/h5-8,11,14-15,18H,1-4,9-10,17H2. The number of benzene rings is 1. The lowest BCUT2D eigenvalue weighted by molar-refractivity contribution is 0.116. The summed E-state index contributed by atoms with van der Waals surface area (Å²) < 4.78 is 12.9. The lowest BCUT2D eigenvalue weighted by Gasteiger charge is -2.24. The van der Waals surface area contributed by atoms with Gasteiger partial charge in [-0.3, -0.25) is 0 Å². The van der Waals surface area contributed by atoms with Crippen molar-refractivity contribution in [1.29, 1.82) is 0 Å². The average Bonchev–Trinajstić information content (AvgIpc) is 2.85. The van der Waals surface area contributed by atoms with Crippen LogP contribution in [0.1, 0.15) is 43.6 Å². The van der Waals surface area contributed by atoms with Crippen molar-refractivity contribution < 1.29 is 9.50 Å². The number of hydrogen-bond acceptors (Lipinski definition) is 2.